The van der Waals surface area contributed by atoms with Crippen LogP contribution in [-0.2, 0) is 19.5 Å². The number of hydrogen-bond acceptors (Lipinski definition) is 5. The Morgan fingerprint density at radius 3 is 2.62 bits per heavy atom. The van der Waals surface area contributed by atoms with Crippen LogP contribution in [0.3, 0.4) is 0 Å². The van der Waals surface area contributed by atoms with Gasteiger partial charge in [0.15, 0.2) is 11.5 Å². The molecule has 1 atom stereocenters. The molecule has 1 aliphatic carbocycles. The van der Waals surface area contributed by atoms with Gasteiger partial charge in [-0.15, -0.1) is 0 Å². The van der Waals surface area contributed by atoms with Crippen molar-refractivity contribution in [3.05, 3.63) is 62.8 Å². The van der Waals surface area contributed by atoms with E-state index in [1.54, 1.807) is 13.2 Å². The van der Waals surface area contributed by atoms with E-state index in [1.807, 2.05) is 0 Å². The molecule has 0 amide bonds. The maximum atomic E-state index is 11.8. The molecule has 0 spiro atoms. The van der Waals surface area contributed by atoms with Crippen molar-refractivity contribution in [2.45, 2.75) is 51.7 Å². The summed E-state index contributed by atoms with van der Waals surface area (Å²) in [6.07, 6.45) is 4.32. The molecule has 0 fully saturated rings. The van der Waals surface area contributed by atoms with Gasteiger partial charge < -0.3 is 14.0 Å². The Morgan fingerprint density at radius 2 is 1.88 bits per heavy atom. The van der Waals surface area contributed by atoms with Crippen LogP contribution in [0.15, 0.2) is 30.3 Å². The molecule has 0 radical (unpaired) electrons. The topological polar surface area (TPSA) is 69.8 Å². The van der Waals surface area contributed by atoms with Crippen molar-refractivity contribution in [2.75, 3.05) is 20.8 Å². The van der Waals surface area contributed by atoms with E-state index < -0.39 is 0 Å². The average molecular weight is 436 g/mol. The van der Waals surface area contributed by atoms with E-state index in [9.17, 15) is 10.1 Å². The van der Waals surface area contributed by atoms with Gasteiger partial charge in [-0.2, -0.15) is 0 Å². The SMILES string of the molecule is COc1cc(CN2CCCn3c4c(c5cc(C)ccc53)CCC[C@@H]42)c([N+](=O)[O-])cc1OC. The zero-order valence-electron chi connectivity index (χ0n) is 18.9. The monoisotopic (exact) mass is 435 g/mol. The van der Waals surface area contributed by atoms with Crippen molar-refractivity contribution in [1.29, 1.82) is 0 Å². The normalized spacial score (nSPS) is 18.3. The molecule has 5 rings (SSSR count). The summed E-state index contributed by atoms with van der Waals surface area (Å²) in [5.41, 5.74) is 6.24. The summed E-state index contributed by atoms with van der Waals surface area (Å²) < 4.78 is 13.3. The molecule has 0 unspecified atom stereocenters. The number of fused-ring (bicyclic) bond motifs is 3. The highest BCUT2D eigenvalue weighted by atomic mass is 16.6. The van der Waals surface area contributed by atoms with Crippen LogP contribution in [0.4, 0.5) is 5.69 Å². The summed E-state index contributed by atoms with van der Waals surface area (Å²) in [4.78, 5) is 14.0. The van der Waals surface area contributed by atoms with E-state index in [-0.39, 0.29) is 16.7 Å². The van der Waals surface area contributed by atoms with Crippen molar-refractivity contribution in [2.24, 2.45) is 0 Å². The second-order valence-electron chi connectivity index (χ2n) is 8.86. The highest BCUT2D eigenvalue weighted by Gasteiger charge is 2.34. The quantitative estimate of drug-likeness (QED) is 0.409. The predicted molar refractivity (Wildman–Crippen MR) is 124 cm³/mol. The van der Waals surface area contributed by atoms with E-state index >= 15 is 0 Å². The molecule has 0 saturated heterocycles. The average Bonchev–Trinajstić information content (AvgIpc) is 2.98. The minimum Gasteiger partial charge on any atom is -0.493 e. The van der Waals surface area contributed by atoms with Gasteiger partial charge in [0.25, 0.3) is 5.69 Å². The Kier molecular flexibility index (Phi) is 5.29. The van der Waals surface area contributed by atoms with Crippen molar-refractivity contribution in [3.63, 3.8) is 0 Å². The predicted octanol–water partition coefficient (Wildman–Crippen LogP) is 5.16. The number of benzene rings is 2. The number of nitro benzene ring substituents is 1. The van der Waals surface area contributed by atoms with Crippen molar-refractivity contribution in [3.8, 4) is 11.5 Å². The maximum absolute atomic E-state index is 11.8. The Morgan fingerprint density at radius 1 is 1.09 bits per heavy atom. The lowest BCUT2D eigenvalue weighted by molar-refractivity contribution is -0.385. The second-order valence-corrected chi connectivity index (χ2v) is 8.86. The molecular weight excluding hydrogens is 406 g/mol. The highest BCUT2D eigenvalue weighted by Crippen LogP contribution is 2.44. The van der Waals surface area contributed by atoms with Crippen LogP contribution in [0, 0.1) is 17.0 Å². The van der Waals surface area contributed by atoms with Gasteiger partial charge in [-0.3, -0.25) is 15.0 Å². The fourth-order valence-electron chi connectivity index (χ4n) is 5.61. The van der Waals surface area contributed by atoms with E-state index in [0.29, 0.717) is 23.6 Å². The summed E-state index contributed by atoms with van der Waals surface area (Å²) in [5, 5.41) is 13.2. The molecule has 0 saturated carbocycles. The maximum Gasteiger partial charge on any atom is 0.277 e. The van der Waals surface area contributed by atoms with Crippen LogP contribution in [-0.4, -0.2) is 35.2 Å². The highest BCUT2D eigenvalue weighted by molar-refractivity contribution is 5.87. The summed E-state index contributed by atoms with van der Waals surface area (Å²) in [6.45, 7) is 4.56. The largest absolute Gasteiger partial charge is 0.493 e. The molecule has 3 aromatic rings. The van der Waals surface area contributed by atoms with E-state index in [4.69, 9.17) is 9.47 Å². The fraction of sp³-hybridized carbons (Fsp3) is 0.440. The summed E-state index contributed by atoms with van der Waals surface area (Å²) in [5.74, 6) is 0.908. The molecule has 7 nitrogen and oxygen atoms in total. The first-order valence-electron chi connectivity index (χ1n) is 11.3. The number of hydrogen-bond donors (Lipinski definition) is 0. The van der Waals surface area contributed by atoms with Crippen molar-refractivity contribution >= 4 is 16.6 Å². The Labute approximate surface area is 187 Å². The first-order valence-corrected chi connectivity index (χ1v) is 11.3. The van der Waals surface area contributed by atoms with Crippen LogP contribution in [0.2, 0.25) is 0 Å². The third-order valence-electron chi connectivity index (χ3n) is 7.01. The molecule has 168 valence electrons. The Hall–Kier alpha value is -3.06. The number of nitro groups is 1. The summed E-state index contributed by atoms with van der Waals surface area (Å²) in [7, 11) is 3.06. The molecule has 2 aromatic carbocycles. The second kappa shape index (κ2) is 8.13. The fourth-order valence-corrected chi connectivity index (χ4v) is 5.61. The molecule has 1 aromatic heterocycles. The van der Waals surface area contributed by atoms with E-state index in [0.717, 1.165) is 38.8 Å². The number of ether oxygens (including phenoxy) is 2. The van der Waals surface area contributed by atoms with Crippen LogP contribution in [0.5, 0.6) is 11.5 Å². The molecule has 32 heavy (non-hydrogen) atoms. The number of methoxy groups -OCH3 is 2. The van der Waals surface area contributed by atoms with Crippen LogP contribution >= 0.6 is 0 Å². The third kappa shape index (κ3) is 3.32. The summed E-state index contributed by atoms with van der Waals surface area (Å²) in [6, 6.07) is 10.3. The van der Waals surface area contributed by atoms with Gasteiger partial charge in [-0.25, -0.2) is 0 Å². The zero-order chi connectivity index (χ0) is 22.4. The van der Waals surface area contributed by atoms with Gasteiger partial charge in [-0.05, 0) is 56.4 Å². The van der Waals surface area contributed by atoms with Gasteiger partial charge >= 0.3 is 0 Å². The molecule has 2 aliphatic rings. The minimum absolute atomic E-state index is 0.0825. The van der Waals surface area contributed by atoms with Gasteiger partial charge in [-0.1, -0.05) is 11.6 Å². The number of nitrogens with zero attached hydrogens (tertiary/aromatic N) is 3. The molecular formula is C25H29N3O4. The third-order valence-corrected chi connectivity index (χ3v) is 7.01. The molecule has 7 heteroatoms. The number of aryl methyl sites for hydroxylation is 3. The Bertz CT molecular complexity index is 1200. The molecule has 2 heterocycles. The first-order chi connectivity index (χ1) is 15.5. The lowest BCUT2D eigenvalue weighted by atomic mass is 9.90. The summed E-state index contributed by atoms with van der Waals surface area (Å²) >= 11 is 0. The van der Waals surface area contributed by atoms with Crippen LogP contribution < -0.4 is 9.47 Å². The van der Waals surface area contributed by atoms with E-state index in [1.165, 1.54) is 40.9 Å². The van der Waals surface area contributed by atoms with Crippen molar-refractivity contribution in [1.82, 2.24) is 9.47 Å². The smallest absolute Gasteiger partial charge is 0.277 e. The molecule has 0 N–H and O–H groups in total. The number of rotatable bonds is 5. The lowest BCUT2D eigenvalue weighted by Crippen LogP contribution is -2.31. The van der Waals surface area contributed by atoms with Crippen LogP contribution in [0.1, 0.15) is 47.7 Å². The van der Waals surface area contributed by atoms with E-state index in [2.05, 4.69) is 34.6 Å². The van der Waals surface area contributed by atoms with Gasteiger partial charge in [0.05, 0.1) is 31.3 Å². The van der Waals surface area contributed by atoms with Crippen molar-refractivity contribution < 1.29 is 14.4 Å². The standard InChI is InChI=1S/C25H29N3O4/c1-16-8-9-20-19(12-16)18-6-4-7-21-25(18)27(20)11-5-10-26(21)15-17-13-23(31-2)24(32-3)14-22(17)28(29)30/h8-9,12-14,21H,4-7,10-11,15H2,1-3H3/t21-/m0/s1. The first kappa shape index (κ1) is 20.8. The van der Waals surface area contributed by atoms with Gasteiger partial charge in [0, 0.05) is 41.8 Å². The molecule has 1 aliphatic heterocycles. The Balaban J connectivity index is 1.58. The van der Waals surface area contributed by atoms with Gasteiger partial charge in [0.1, 0.15) is 0 Å². The lowest BCUT2D eigenvalue weighted by Gasteiger charge is -2.33. The van der Waals surface area contributed by atoms with Gasteiger partial charge in [0.2, 0.25) is 0 Å². The zero-order valence-corrected chi connectivity index (χ0v) is 18.9. The molecule has 0 bridgehead atoms. The number of aromatic nitrogens is 1. The van der Waals surface area contributed by atoms with Crippen LogP contribution in [0.25, 0.3) is 10.9 Å². The minimum atomic E-state index is -0.318.